The lowest BCUT2D eigenvalue weighted by atomic mass is 10.1. The molecule has 0 unspecified atom stereocenters. The molecule has 4 aromatic rings. The monoisotopic (exact) mass is 486 g/mol. The molecule has 0 saturated carbocycles. The summed E-state index contributed by atoms with van der Waals surface area (Å²) in [5, 5.41) is 16.3. The Hall–Kier alpha value is -3.83. The van der Waals surface area contributed by atoms with Crippen LogP contribution in [0.15, 0.2) is 48.7 Å². The van der Waals surface area contributed by atoms with E-state index in [0.29, 0.717) is 33.7 Å². The molecule has 170 valence electrons. The summed E-state index contributed by atoms with van der Waals surface area (Å²) in [5.74, 6) is -0.500. The van der Waals surface area contributed by atoms with Gasteiger partial charge in [0.15, 0.2) is 5.82 Å². The van der Waals surface area contributed by atoms with Gasteiger partial charge in [0, 0.05) is 22.3 Å². The third-order valence-corrected chi connectivity index (χ3v) is 5.54. The number of carbonyl (C=O) groups is 1. The fourth-order valence-corrected chi connectivity index (χ4v) is 4.05. The summed E-state index contributed by atoms with van der Waals surface area (Å²) in [6, 6.07) is 11.9. The van der Waals surface area contributed by atoms with E-state index in [2.05, 4.69) is 30.3 Å². The number of fused-ring (bicyclic) bond motifs is 1. The Balaban J connectivity index is 1.62. The lowest BCUT2D eigenvalue weighted by molar-refractivity contribution is 0.0698. The highest BCUT2D eigenvalue weighted by atomic mass is 35.5. The summed E-state index contributed by atoms with van der Waals surface area (Å²) in [6.07, 6.45) is 2.47. The van der Waals surface area contributed by atoms with Crippen molar-refractivity contribution in [3.8, 4) is 0 Å². The van der Waals surface area contributed by atoms with Crippen LogP contribution in [0.25, 0.3) is 10.9 Å². The molecule has 0 spiro atoms. The summed E-state index contributed by atoms with van der Waals surface area (Å²) in [6.45, 7) is 1.70. The molecule has 10 nitrogen and oxygen atoms in total. The van der Waals surface area contributed by atoms with Gasteiger partial charge in [-0.1, -0.05) is 23.7 Å². The van der Waals surface area contributed by atoms with Gasteiger partial charge in [-0.05, 0) is 37.3 Å². The van der Waals surface area contributed by atoms with Crippen LogP contribution in [-0.2, 0) is 10.0 Å². The van der Waals surface area contributed by atoms with E-state index < -0.39 is 16.0 Å². The molecule has 0 saturated heterocycles. The Morgan fingerprint density at radius 1 is 1.12 bits per heavy atom. The van der Waals surface area contributed by atoms with Crippen LogP contribution >= 0.6 is 11.6 Å². The van der Waals surface area contributed by atoms with Crippen LogP contribution in [0.2, 0.25) is 5.02 Å². The molecule has 5 N–H and O–H groups in total. The molecule has 0 aliphatic heterocycles. The normalized spacial score (nSPS) is 11.4. The van der Waals surface area contributed by atoms with Gasteiger partial charge >= 0.3 is 5.97 Å². The average molecular weight is 487 g/mol. The first-order chi connectivity index (χ1) is 15.6. The van der Waals surface area contributed by atoms with E-state index in [4.69, 9.17) is 11.6 Å². The van der Waals surface area contributed by atoms with E-state index in [1.807, 2.05) is 0 Å². The summed E-state index contributed by atoms with van der Waals surface area (Å²) in [5.41, 5.74) is 2.87. The maximum atomic E-state index is 11.6. The van der Waals surface area contributed by atoms with E-state index in [1.165, 1.54) is 6.20 Å². The van der Waals surface area contributed by atoms with Crippen molar-refractivity contribution in [3.63, 3.8) is 0 Å². The lowest BCUT2D eigenvalue weighted by Gasteiger charge is -2.14. The molecular weight excluding hydrogens is 468 g/mol. The number of carboxylic acid groups (broad SMARTS) is 1. The first-order valence-electron chi connectivity index (χ1n) is 9.60. The minimum atomic E-state index is -3.48. The molecule has 2 heterocycles. The van der Waals surface area contributed by atoms with Crippen LogP contribution in [-0.4, -0.2) is 40.7 Å². The van der Waals surface area contributed by atoms with Crippen molar-refractivity contribution in [3.05, 3.63) is 64.9 Å². The number of para-hydroxylation sites is 2. The summed E-state index contributed by atoms with van der Waals surface area (Å²) in [7, 11) is -3.48. The Labute approximate surface area is 194 Å². The second-order valence-corrected chi connectivity index (χ2v) is 9.41. The van der Waals surface area contributed by atoms with Gasteiger partial charge in [0.1, 0.15) is 5.02 Å². The molecular formula is C21H19ClN6O4S. The van der Waals surface area contributed by atoms with Crippen LogP contribution in [0, 0.1) is 6.92 Å². The third kappa shape index (κ3) is 4.99. The number of aryl methyl sites for hydroxylation is 1. The minimum Gasteiger partial charge on any atom is -0.478 e. The number of aromatic carboxylic acids is 1. The Morgan fingerprint density at radius 2 is 1.85 bits per heavy atom. The highest BCUT2D eigenvalue weighted by Gasteiger charge is 2.16. The molecule has 0 bridgehead atoms. The predicted octanol–water partition coefficient (Wildman–Crippen LogP) is 4.48. The number of aromatic amines is 1. The average Bonchev–Trinajstić information content (AvgIpc) is 3.06. The molecule has 4 rings (SSSR count). The number of carboxylic acids is 1. The highest BCUT2D eigenvalue weighted by molar-refractivity contribution is 7.92. The van der Waals surface area contributed by atoms with Gasteiger partial charge in [-0.15, -0.1) is 0 Å². The van der Waals surface area contributed by atoms with Gasteiger partial charge in [-0.3, -0.25) is 4.72 Å². The van der Waals surface area contributed by atoms with Crippen molar-refractivity contribution in [2.75, 3.05) is 21.6 Å². The fourth-order valence-electron chi connectivity index (χ4n) is 3.34. The maximum Gasteiger partial charge on any atom is 0.338 e. The minimum absolute atomic E-state index is 0.229. The van der Waals surface area contributed by atoms with Gasteiger partial charge < -0.3 is 20.7 Å². The molecule has 2 aromatic heterocycles. The molecule has 0 radical (unpaired) electrons. The van der Waals surface area contributed by atoms with Gasteiger partial charge in [0.05, 0.1) is 29.4 Å². The summed E-state index contributed by atoms with van der Waals surface area (Å²) >= 11 is 6.25. The number of aromatic nitrogens is 3. The number of sulfonamides is 1. The number of hydrogen-bond acceptors (Lipinski definition) is 7. The van der Waals surface area contributed by atoms with Crippen molar-refractivity contribution >= 4 is 67.3 Å². The SMILES string of the molecule is Cc1[nH]c2cc(Nc3ncc(Cl)c(Nc4ccccc4NS(C)(=O)=O)n3)ccc2c1C(=O)O. The van der Waals surface area contributed by atoms with Gasteiger partial charge in [0.2, 0.25) is 16.0 Å². The third-order valence-electron chi connectivity index (χ3n) is 4.68. The van der Waals surface area contributed by atoms with Crippen molar-refractivity contribution in [2.24, 2.45) is 0 Å². The van der Waals surface area contributed by atoms with Gasteiger partial charge in [-0.25, -0.2) is 18.2 Å². The number of rotatable bonds is 7. The summed E-state index contributed by atoms with van der Waals surface area (Å²) in [4.78, 5) is 23.1. The van der Waals surface area contributed by atoms with Gasteiger partial charge in [0.25, 0.3) is 0 Å². The van der Waals surface area contributed by atoms with Crippen LogP contribution in [0.4, 0.5) is 28.8 Å². The van der Waals surface area contributed by atoms with Crippen molar-refractivity contribution in [1.29, 1.82) is 0 Å². The molecule has 0 amide bonds. The lowest BCUT2D eigenvalue weighted by Crippen LogP contribution is -2.11. The number of nitrogens with zero attached hydrogens (tertiary/aromatic N) is 2. The molecule has 0 aliphatic carbocycles. The standard InChI is InChI=1S/C21H19ClN6O4S/c1-11-18(20(29)30)13-8-7-12(9-17(13)24-11)25-21-23-10-14(22)19(27-21)26-15-5-3-4-6-16(15)28-33(2,31)32/h3-10,24,28H,1-2H3,(H,29,30)(H2,23,25,26,27). The van der Waals surface area contributed by atoms with E-state index in [-0.39, 0.29) is 22.4 Å². The van der Waals surface area contributed by atoms with Crippen LogP contribution in [0.5, 0.6) is 0 Å². The number of anilines is 5. The number of hydrogen-bond donors (Lipinski definition) is 5. The summed E-state index contributed by atoms with van der Waals surface area (Å²) < 4.78 is 25.7. The van der Waals surface area contributed by atoms with Crippen molar-refractivity contribution in [1.82, 2.24) is 15.0 Å². The van der Waals surface area contributed by atoms with Gasteiger partial charge in [-0.2, -0.15) is 4.98 Å². The molecule has 2 aromatic carbocycles. The van der Waals surface area contributed by atoms with Crippen molar-refractivity contribution < 1.29 is 18.3 Å². The first-order valence-corrected chi connectivity index (χ1v) is 11.9. The zero-order valence-corrected chi connectivity index (χ0v) is 19.0. The molecule has 0 aliphatic rings. The quantitative estimate of drug-likeness (QED) is 0.256. The smallest absolute Gasteiger partial charge is 0.338 e. The molecule has 33 heavy (non-hydrogen) atoms. The number of nitrogens with one attached hydrogen (secondary N) is 4. The van der Waals surface area contributed by atoms with Crippen LogP contribution in [0.3, 0.4) is 0 Å². The molecule has 12 heteroatoms. The number of halogens is 1. The van der Waals surface area contributed by atoms with Crippen molar-refractivity contribution in [2.45, 2.75) is 6.92 Å². The topological polar surface area (TPSA) is 149 Å². The zero-order chi connectivity index (χ0) is 23.8. The van der Waals surface area contributed by atoms with E-state index >= 15 is 0 Å². The highest BCUT2D eigenvalue weighted by Crippen LogP contribution is 2.30. The fraction of sp³-hybridized carbons (Fsp3) is 0.0952. The zero-order valence-electron chi connectivity index (χ0n) is 17.5. The first kappa shape index (κ1) is 22.4. The second-order valence-electron chi connectivity index (χ2n) is 7.25. The van der Waals surface area contributed by atoms with E-state index in [9.17, 15) is 18.3 Å². The number of H-pyrrole nitrogens is 1. The van der Waals surface area contributed by atoms with Crippen LogP contribution < -0.4 is 15.4 Å². The van der Waals surface area contributed by atoms with E-state index in [0.717, 1.165) is 6.26 Å². The largest absolute Gasteiger partial charge is 0.478 e. The number of benzene rings is 2. The molecule has 0 atom stereocenters. The Morgan fingerprint density at radius 3 is 2.55 bits per heavy atom. The second kappa shape index (κ2) is 8.60. The molecule has 0 fully saturated rings. The van der Waals surface area contributed by atoms with Crippen LogP contribution in [0.1, 0.15) is 16.1 Å². The maximum absolute atomic E-state index is 11.6. The van der Waals surface area contributed by atoms with E-state index in [1.54, 1.807) is 49.4 Å². The Kier molecular flexibility index (Phi) is 5.83. The predicted molar refractivity (Wildman–Crippen MR) is 129 cm³/mol. The Bertz CT molecular complexity index is 1490.